The van der Waals surface area contributed by atoms with Crippen molar-refractivity contribution in [2.24, 2.45) is 0 Å². The zero-order valence-corrected chi connectivity index (χ0v) is 11.4. The van der Waals surface area contributed by atoms with Gasteiger partial charge in [0.15, 0.2) is 0 Å². The molecule has 0 amide bonds. The average Bonchev–Trinajstić information content (AvgIpc) is 2.88. The van der Waals surface area contributed by atoms with Crippen LogP contribution in [0.15, 0.2) is 5.38 Å². The highest BCUT2D eigenvalue weighted by atomic mass is 35.5. The molecule has 1 fully saturated rings. The Morgan fingerprint density at radius 1 is 1.50 bits per heavy atom. The molecule has 0 atom stereocenters. The van der Waals surface area contributed by atoms with E-state index in [4.69, 9.17) is 11.6 Å². The summed E-state index contributed by atoms with van der Waals surface area (Å²) < 4.78 is 0. The first-order valence-corrected chi connectivity index (χ1v) is 7.42. The minimum Gasteiger partial charge on any atom is -0.293 e. The van der Waals surface area contributed by atoms with Crippen molar-refractivity contribution in [3.8, 4) is 0 Å². The average molecular weight is 259 g/mol. The summed E-state index contributed by atoms with van der Waals surface area (Å²) >= 11 is 7.65. The minimum atomic E-state index is 0.723. The van der Waals surface area contributed by atoms with Crippen molar-refractivity contribution in [2.75, 3.05) is 12.4 Å². The van der Waals surface area contributed by atoms with Gasteiger partial charge in [-0.3, -0.25) is 4.90 Å². The first-order valence-electron chi connectivity index (χ1n) is 6.00. The Hall–Kier alpha value is -0.120. The molecule has 0 saturated heterocycles. The van der Waals surface area contributed by atoms with Crippen molar-refractivity contribution in [2.45, 2.75) is 45.2 Å². The molecule has 1 heterocycles. The third-order valence-corrected chi connectivity index (χ3v) is 4.34. The van der Waals surface area contributed by atoms with Gasteiger partial charge in [-0.1, -0.05) is 12.8 Å². The number of alkyl halides is 1. The van der Waals surface area contributed by atoms with Crippen molar-refractivity contribution < 1.29 is 0 Å². The van der Waals surface area contributed by atoms with Crippen LogP contribution in [0.25, 0.3) is 0 Å². The fourth-order valence-corrected chi connectivity index (χ4v) is 3.43. The van der Waals surface area contributed by atoms with Crippen LogP contribution in [0.4, 0.5) is 0 Å². The van der Waals surface area contributed by atoms with Crippen molar-refractivity contribution in [3.05, 3.63) is 16.1 Å². The van der Waals surface area contributed by atoms with Crippen LogP contribution in [0.1, 0.15) is 36.4 Å². The lowest BCUT2D eigenvalue weighted by Crippen LogP contribution is -2.34. The number of aryl methyl sites for hydroxylation is 1. The highest BCUT2D eigenvalue weighted by molar-refractivity contribution is 7.09. The second kappa shape index (κ2) is 5.99. The number of halogens is 1. The standard InChI is InChI=1S/C12H19ClN2S/c1-10-9-16-12(14-10)8-15(7-6-13)11-4-2-3-5-11/h9,11H,2-8H2,1H3. The van der Waals surface area contributed by atoms with E-state index in [1.807, 2.05) is 0 Å². The zero-order valence-electron chi connectivity index (χ0n) is 9.79. The summed E-state index contributed by atoms with van der Waals surface area (Å²) in [7, 11) is 0. The smallest absolute Gasteiger partial charge is 0.107 e. The Morgan fingerprint density at radius 3 is 2.81 bits per heavy atom. The fourth-order valence-electron chi connectivity index (χ4n) is 2.42. The van der Waals surface area contributed by atoms with Gasteiger partial charge in [0.1, 0.15) is 5.01 Å². The second-order valence-electron chi connectivity index (χ2n) is 4.48. The van der Waals surface area contributed by atoms with Gasteiger partial charge in [0.05, 0.1) is 6.54 Å². The van der Waals surface area contributed by atoms with Gasteiger partial charge in [-0.05, 0) is 19.8 Å². The highest BCUT2D eigenvalue weighted by Gasteiger charge is 2.22. The third kappa shape index (κ3) is 3.19. The Labute approximate surface area is 107 Å². The van der Waals surface area contributed by atoms with E-state index in [0.717, 1.165) is 30.7 Å². The van der Waals surface area contributed by atoms with E-state index in [1.54, 1.807) is 11.3 Å². The number of nitrogens with zero attached hydrogens (tertiary/aromatic N) is 2. The number of aromatic nitrogens is 1. The zero-order chi connectivity index (χ0) is 11.4. The molecular weight excluding hydrogens is 240 g/mol. The van der Waals surface area contributed by atoms with Gasteiger partial charge in [-0.2, -0.15) is 0 Å². The van der Waals surface area contributed by atoms with Gasteiger partial charge in [0.25, 0.3) is 0 Å². The monoisotopic (exact) mass is 258 g/mol. The SMILES string of the molecule is Cc1csc(CN(CCCl)C2CCCC2)n1. The lowest BCUT2D eigenvalue weighted by atomic mass is 10.2. The van der Waals surface area contributed by atoms with E-state index < -0.39 is 0 Å². The van der Waals surface area contributed by atoms with E-state index in [0.29, 0.717) is 0 Å². The molecule has 1 aromatic rings. The topological polar surface area (TPSA) is 16.1 Å². The van der Waals surface area contributed by atoms with E-state index >= 15 is 0 Å². The molecule has 0 bridgehead atoms. The molecule has 0 radical (unpaired) electrons. The molecule has 1 aliphatic carbocycles. The molecule has 2 nitrogen and oxygen atoms in total. The predicted molar refractivity (Wildman–Crippen MR) is 70.2 cm³/mol. The fraction of sp³-hybridized carbons (Fsp3) is 0.750. The van der Waals surface area contributed by atoms with Crippen LogP contribution < -0.4 is 0 Å². The maximum Gasteiger partial charge on any atom is 0.107 e. The van der Waals surface area contributed by atoms with Crippen molar-refractivity contribution in [3.63, 3.8) is 0 Å². The van der Waals surface area contributed by atoms with E-state index in [-0.39, 0.29) is 0 Å². The molecule has 0 unspecified atom stereocenters. The Bertz CT molecular complexity index is 321. The summed E-state index contributed by atoms with van der Waals surface area (Å²) in [4.78, 5) is 7.05. The largest absolute Gasteiger partial charge is 0.293 e. The molecule has 90 valence electrons. The van der Waals surface area contributed by atoms with Crippen LogP contribution in [0.2, 0.25) is 0 Å². The van der Waals surface area contributed by atoms with Gasteiger partial charge in [0, 0.05) is 29.5 Å². The summed E-state index contributed by atoms with van der Waals surface area (Å²) in [5.74, 6) is 0.723. The molecule has 0 aromatic carbocycles. The van der Waals surface area contributed by atoms with Crippen molar-refractivity contribution >= 4 is 22.9 Å². The van der Waals surface area contributed by atoms with Gasteiger partial charge in [-0.15, -0.1) is 22.9 Å². The van der Waals surface area contributed by atoms with Crippen LogP contribution in [-0.4, -0.2) is 28.4 Å². The molecule has 2 rings (SSSR count). The first kappa shape index (κ1) is 12.3. The summed E-state index contributed by atoms with van der Waals surface area (Å²) in [5, 5.41) is 3.36. The van der Waals surface area contributed by atoms with E-state index in [1.165, 1.54) is 30.7 Å². The maximum absolute atomic E-state index is 5.89. The molecule has 0 aliphatic heterocycles. The van der Waals surface area contributed by atoms with Gasteiger partial charge in [0.2, 0.25) is 0 Å². The summed E-state index contributed by atoms with van der Waals surface area (Å²) in [5.41, 5.74) is 1.14. The van der Waals surface area contributed by atoms with Crippen LogP contribution >= 0.6 is 22.9 Å². The minimum absolute atomic E-state index is 0.723. The molecule has 4 heteroatoms. The summed E-state index contributed by atoms with van der Waals surface area (Å²) in [6.45, 7) is 4.03. The van der Waals surface area contributed by atoms with E-state index in [9.17, 15) is 0 Å². The van der Waals surface area contributed by atoms with Gasteiger partial charge >= 0.3 is 0 Å². The van der Waals surface area contributed by atoms with Crippen molar-refractivity contribution in [1.29, 1.82) is 0 Å². The highest BCUT2D eigenvalue weighted by Crippen LogP contribution is 2.25. The lowest BCUT2D eigenvalue weighted by Gasteiger charge is -2.26. The number of thiazole rings is 1. The first-order chi connectivity index (χ1) is 7.79. The predicted octanol–water partition coefficient (Wildman–Crippen LogP) is 3.43. The third-order valence-electron chi connectivity index (χ3n) is 3.22. The van der Waals surface area contributed by atoms with Gasteiger partial charge in [-0.25, -0.2) is 4.98 Å². The Balaban J connectivity index is 1.96. The van der Waals surface area contributed by atoms with Crippen LogP contribution in [0.5, 0.6) is 0 Å². The number of rotatable bonds is 5. The quantitative estimate of drug-likeness (QED) is 0.753. The molecule has 1 saturated carbocycles. The normalized spacial score (nSPS) is 17.4. The molecule has 0 spiro atoms. The summed E-state index contributed by atoms with van der Waals surface area (Å²) in [6.07, 6.45) is 5.42. The van der Waals surface area contributed by atoms with Crippen LogP contribution in [-0.2, 0) is 6.54 Å². The van der Waals surface area contributed by atoms with Crippen LogP contribution in [0.3, 0.4) is 0 Å². The number of hydrogen-bond donors (Lipinski definition) is 0. The Kier molecular flexibility index (Phi) is 4.62. The molecular formula is C12H19ClN2S. The number of hydrogen-bond acceptors (Lipinski definition) is 3. The lowest BCUT2D eigenvalue weighted by molar-refractivity contribution is 0.201. The Morgan fingerprint density at radius 2 is 2.25 bits per heavy atom. The molecule has 0 N–H and O–H groups in total. The summed E-state index contributed by atoms with van der Waals surface area (Å²) in [6, 6.07) is 0.739. The molecule has 1 aromatic heterocycles. The van der Waals surface area contributed by atoms with Crippen LogP contribution in [0, 0.1) is 6.92 Å². The van der Waals surface area contributed by atoms with Crippen molar-refractivity contribution in [1.82, 2.24) is 9.88 Å². The second-order valence-corrected chi connectivity index (χ2v) is 5.80. The molecule has 16 heavy (non-hydrogen) atoms. The van der Waals surface area contributed by atoms with Gasteiger partial charge < -0.3 is 0 Å². The van der Waals surface area contributed by atoms with E-state index in [2.05, 4.69) is 22.2 Å². The maximum atomic E-state index is 5.89. The molecule has 1 aliphatic rings.